The first kappa shape index (κ1) is 20.7. The lowest BCUT2D eigenvalue weighted by atomic mass is 10.1. The molecule has 9 nitrogen and oxygen atoms in total. The van der Waals surface area contributed by atoms with Gasteiger partial charge in [0.05, 0.1) is 0 Å². The summed E-state index contributed by atoms with van der Waals surface area (Å²) >= 11 is 0. The average Bonchev–Trinajstić information content (AvgIpc) is 2.22. The van der Waals surface area contributed by atoms with Crippen molar-refractivity contribution >= 4 is 21.2 Å². The van der Waals surface area contributed by atoms with Gasteiger partial charge in [-0.1, -0.05) is 19.3 Å². The second-order valence-electron chi connectivity index (χ2n) is 4.92. The minimum atomic E-state index is -4.37. The molecule has 5 N–H and O–H groups in total. The largest absolute Gasteiger partial charge is 0.481 e. The summed E-state index contributed by atoms with van der Waals surface area (Å²) in [6.07, 6.45) is 2.07. The second-order valence-corrected chi connectivity index (χ2v) is 8.14. The Kier molecular flexibility index (Phi) is 9.56. The summed E-state index contributed by atoms with van der Waals surface area (Å²) in [5.41, 5.74) is 0. The van der Waals surface area contributed by atoms with E-state index in [-0.39, 0.29) is 13.0 Å². The lowest BCUT2D eigenvalue weighted by Gasteiger charge is -2.22. The van der Waals surface area contributed by atoms with Crippen molar-refractivity contribution in [2.45, 2.75) is 38.5 Å². The summed E-state index contributed by atoms with van der Waals surface area (Å²) in [7, 11) is -8.74. The first-order valence-electron chi connectivity index (χ1n) is 6.53. The summed E-state index contributed by atoms with van der Waals surface area (Å²) < 4.78 is 21.8. The molecule has 0 rings (SSSR count). The molecule has 0 aliphatic heterocycles. The molecule has 126 valence electrons. The summed E-state index contributed by atoms with van der Waals surface area (Å²) in [6, 6.07) is 0. The third-order valence-corrected chi connectivity index (χ3v) is 4.17. The predicted molar refractivity (Wildman–Crippen MR) is 75.9 cm³/mol. The molecule has 0 aromatic rings. The van der Waals surface area contributed by atoms with Crippen molar-refractivity contribution in [3.63, 3.8) is 0 Å². The molecule has 0 fully saturated rings. The van der Waals surface area contributed by atoms with E-state index in [1.165, 1.54) is 0 Å². The van der Waals surface area contributed by atoms with E-state index in [0.717, 1.165) is 17.7 Å². The summed E-state index contributed by atoms with van der Waals surface area (Å²) in [5.74, 6) is -0.843. The number of hydrogen-bond acceptors (Lipinski definition) is 4. The van der Waals surface area contributed by atoms with E-state index >= 15 is 0 Å². The number of nitrogens with zero attached hydrogens (tertiary/aromatic N) is 1. The Balaban J connectivity index is 3.99. The van der Waals surface area contributed by atoms with Crippen LogP contribution in [0.15, 0.2) is 0 Å². The predicted octanol–water partition coefficient (Wildman–Crippen LogP) is 0.984. The standard InChI is InChI=1S/C10H23NO8P2/c12-10(13)6-4-2-1-3-5-7-11(8-20(14,15)16)9-21(17,18)19/h1-9H2,(H,12,13)(H2,14,15,16)(H2,17,18,19). The van der Waals surface area contributed by atoms with Crippen molar-refractivity contribution in [1.29, 1.82) is 0 Å². The van der Waals surface area contributed by atoms with Crippen molar-refractivity contribution in [1.82, 2.24) is 4.90 Å². The number of unbranched alkanes of at least 4 members (excludes halogenated alkanes) is 4. The Morgan fingerprint density at radius 2 is 1.24 bits per heavy atom. The van der Waals surface area contributed by atoms with Crippen LogP contribution in [0.3, 0.4) is 0 Å². The fraction of sp³-hybridized carbons (Fsp3) is 0.900. The molecule has 0 bridgehead atoms. The van der Waals surface area contributed by atoms with E-state index in [1.807, 2.05) is 0 Å². The quantitative estimate of drug-likeness (QED) is 0.256. The minimum Gasteiger partial charge on any atom is -0.481 e. The highest BCUT2D eigenvalue weighted by Crippen LogP contribution is 2.40. The zero-order valence-corrected chi connectivity index (χ0v) is 13.5. The number of carboxylic acid groups (broad SMARTS) is 1. The van der Waals surface area contributed by atoms with E-state index < -0.39 is 33.7 Å². The molecule has 0 aromatic heterocycles. The molecule has 0 aromatic carbocycles. The van der Waals surface area contributed by atoms with Gasteiger partial charge >= 0.3 is 21.2 Å². The second kappa shape index (κ2) is 9.69. The van der Waals surface area contributed by atoms with Gasteiger partial charge in [-0.15, -0.1) is 0 Å². The lowest BCUT2D eigenvalue weighted by Crippen LogP contribution is -2.27. The molecule has 0 spiro atoms. The number of rotatable bonds is 12. The van der Waals surface area contributed by atoms with Gasteiger partial charge in [0.25, 0.3) is 0 Å². The Hall–Kier alpha value is -0.270. The molecule has 11 heteroatoms. The molecular weight excluding hydrogens is 324 g/mol. The average molecular weight is 347 g/mol. The zero-order valence-electron chi connectivity index (χ0n) is 11.7. The fourth-order valence-corrected chi connectivity index (χ4v) is 3.53. The first-order valence-corrected chi connectivity index (χ1v) is 10.1. The highest BCUT2D eigenvalue weighted by Gasteiger charge is 2.25. The van der Waals surface area contributed by atoms with E-state index in [0.29, 0.717) is 19.3 Å². The van der Waals surface area contributed by atoms with Crippen molar-refractivity contribution < 1.29 is 38.6 Å². The van der Waals surface area contributed by atoms with Crippen LogP contribution in [0.4, 0.5) is 0 Å². The fourth-order valence-electron chi connectivity index (χ4n) is 1.85. The van der Waals surface area contributed by atoms with E-state index in [2.05, 4.69) is 0 Å². The molecular formula is C10H23NO8P2. The Morgan fingerprint density at radius 1 is 0.810 bits per heavy atom. The third kappa shape index (κ3) is 15.9. The van der Waals surface area contributed by atoms with Crippen LogP contribution in [0.25, 0.3) is 0 Å². The van der Waals surface area contributed by atoms with E-state index in [4.69, 9.17) is 24.7 Å². The molecule has 0 aliphatic rings. The van der Waals surface area contributed by atoms with Gasteiger partial charge in [0.15, 0.2) is 0 Å². The normalized spacial score (nSPS) is 12.8. The van der Waals surface area contributed by atoms with Crippen LogP contribution >= 0.6 is 15.2 Å². The number of hydrogen-bond donors (Lipinski definition) is 5. The van der Waals surface area contributed by atoms with Crippen LogP contribution in [0, 0.1) is 0 Å². The SMILES string of the molecule is O=C(O)CCCCCCCN(CP(=O)(O)O)CP(=O)(O)O. The maximum absolute atomic E-state index is 10.9. The molecule has 0 atom stereocenters. The Bertz CT molecular complexity index is 380. The van der Waals surface area contributed by atoms with Crippen LogP contribution in [-0.2, 0) is 13.9 Å². The highest BCUT2D eigenvalue weighted by atomic mass is 31.2. The van der Waals surface area contributed by atoms with Crippen LogP contribution in [0.1, 0.15) is 38.5 Å². The summed E-state index contributed by atoms with van der Waals surface area (Å²) in [5, 5.41) is 8.45. The minimum absolute atomic E-state index is 0.114. The van der Waals surface area contributed by atoms with E-state index in [1.54, 1.807) is 0 Å². The molecule has 0 saturated carbocycles. The number of carboxylic acids is 1. The van der Waals surface area contributed by atoms with Gasteiger partial charge in [-0.05, 0) is 19.4 Å². The van der Waals surface area contributed by atoms with Gasteiger partial charge in [-0.2, -0.15) is 0 Å². The van der Waals surface area contributed by atoms with Gasteiger partial charge in [0.2, 0.25) is 0 Å². The lowest BCUT2D eigenvalue weighted by molar-refractivity contribution is -0.137. The smallest absolute Gasteiger partial charge is 0.339 e. The number of carbonyl (C=O) groups is 1. The molecule has 21 heavy (non-hydrogen) atoms. The van der Waals surface area contributed by atoms with Crippen molar-refractivity contribution in [3.8, 4) is 0 Å². The molecule has 0 heterocycles. The van der Waals surface area contributed by atoms with Gasteiger partial charge in [0, 0.05) is 6.42 Å². The molecule has 0 amide bonds. The van der Waals surface area contributed by atoms with Crippen LogP contribution in [-0.4, -0.2) is 54.7 Å². The monoisotopic (exact) mass is 347 g/mol. The molecule has 0 radical (unpaired) electrons. The van der Waals surface area contributed by atoms with Gasteiger partial charge in [0.1, 0.15) is 12.6 Å². The maximum Gasteiger partial charge on any atom is 0.339 e. The van der Waals surface area contributed by atoms with Gasteiger partial charge < -0.3 is 24.7 Å². The molecule has 0 unspecified atom stereocenters. The van der Waals surface area contributed by atoms with Crippen molar-refractivity contribution in [2.75, 3.05) is 19.1 Å². The Morgan fingerprint density at radius 3 is 1.67 bits per heavy atom. The molecule has 0 saturated heterocycles. The topological polar surface area (TPSA) is 156 Å². The molecule has 0 aliphatic carbocycles. The van der Waals surface area contributed by atoms with Gasteiger partial charge in [-0.3, -0.25) is 18.8 Å². The highest BCUT2D eigenvalue weighted by molar-refractivity contribution is 7.52. The van der Waals surface area contributed by atoms with Crippen LogP contribution < -0.4 is 0 Å². The van der Waals surface area contributed by atoms with Crippen LogP contribution in [0.5, 0.6) is 0 Å². The third-order valence-electron chi connectivity index (χ3n) is 2.63. The van der Waals surface area contributed by atoms with Crippen molar-refractivity contribution in [2.24, 2.45) is 0 Å². The van der Waals surface area contributed by atoms with E-state index in [9.17, 15) is 13.9 Å². The zero-order chi connectivity index (χ0) is 16.5. The summed E-state index contributed by atoms with van der Waals surface area (Å²) in [4.78, 5) is 46.8. The first-order chi connectivity index (χ1) is 9.49. The summed E-state index contributed by atoms with van der Waals surface area (Å²) in [6.45, 7) is 0.176. The van der Waals surface area contributed by atoms with Gasteiger partial charge in [-0.25, -0.2) is 0 Å². The Labute approximate surface area is 123 Å². The van der Waals surface area contributed by atoms with Crippen molar-refractivity contribution in [3.05, 3.63) is 0 Å². The van der Waals surface area contributed by atoms with Crippen LogP contribution in [0.2, 0.25) is 0 Å². The maximum atomic E-state index is 10.9. The number of aliphatic carboxylic acids is 1.